The smallest absolute Gasteiger partial charge is 0.418 e. The average Bonchev–Trinajstić information content (AvgIpc) is 2.83. The molecule has 2 aromatic rings. The van der Waals surface area contributed by atoms with Crippen molar-refractivity contribution in [1.29, 1.82) is 0 Å². The lowest BCUT2D eigenvalue weighted by Crippen LogP contribution is -2.20. The van der Waals surface area contributed by atoms with Gasteiger partial charge in [-0.3, -0.25) is 14.3 Å². The van der Waals surface area contributed by atoms with Crippen molar-refractivity contribution in [2.24, 2.45) is 0 Å². The number of nitrogens with zero attached hydrogens (tertiary/aromatic N) is 2. The first kappa shape index (κ1) is 13.8. The molecule has 0 saturated heterocycles. The highest BCUT2D eigenvalue weighted by Crippen LogP contribution is 2.33. The molecular weight excluding hydrogens is 277 g/mol. The molecule has 1 N–H and O–H groups in total. The van der Waals surface area contributed by atoms with Crippen molar-refractivity contribution in [3.05, 3.63) is 53.6 Å². The van der Waals surface area contributed by atoms with Crippen molar-refractivity contribution >= 4 is 11.9 Å². The third-order valence-electron chi connectivity index (χ3n) is 2.52. The van der Waals surface area contributed by atoms with Gasteiger partial charge in [0.15, 0.2) is 0 Å². The van der Waals surface area contributed by atoms with Gasteiger partial charge in [0.1, 0.15) is 5.69 Å². The van der Waals surface area contributed by atoms with Crippen LogP contribution in [-0.2, 0) is 6.18 Å². The Hall–Kier alpha value is -2.64. The molecule has 0 bridgehead atoms. The zero-order chi connectivity index (χ0) is 14.9. The van der Waals surface area contributed by atoms with Crippen molar-refractivity contribution in [2.75, 3.05) is 0 Å². The largest absolute Gasteiger partial charge is 0.477 e. The summed E-state index contributed by atoms with van der Waals surface area (Å²) >= 11 is 0. The fourth-order valence-corrected chi connectivity index (χ4v) is 1.68. The fraction of sp³-hybridized carbons (Fsp3) is 0.0833. The molecule has 8 heteroatoms. The first-order valence-electron chi connectivity index (χ1n) is 5.29. The molecule has 0 spiro atoms. The van der Waals surface area contributed by atoms with E-state index in [4.69, 9.17) is 5.11 Å². The van der Waals surface area contributed by atoms with E-state index in [2.05, 4.69) is 4.98 Å². The highest BCUT2D eigenvalue weighted by Gasteiger charge is 2.38. The van der Waals surface area contributed by atoms with Crippen molar-refractivity contribution < 1.29 is 27.9 Å². The third-order valence-corrected chi connectivity index (χ3v) is 2.52. The molecule has 0 aliphatic heterocycles. The summed E-state index contributed by atoms with van der Waals surface area (Å²) in [6.45, 7) is 0. The van der Waals surface area contributed by atoms with Gasteiger partial charge in [-0.05, 0) is 18.2 Å². The number of rotatable bonds is 2. The zero-order valence-electron chi connectivity index (χ0n) is 9.76. The molecule has 0 fully saturated rings. The second kappa shape index (κ2) is 4.80. The molecule has 0 atom stereocenters. The van der Waals surface area contributed by atoms with Crippen LogP contribution in [0.3, 0.4) is 0 Å². The number of alkyl halides is 3. The number of carboxylic acids is 1. The monoisotopic (exact) mass is 284 g/mol. The van der Waals surface area contributed by atoms with E-state index in [1.165, 1.54) is 18.3 Å². The molecule has 0 unspecified atom stereocenters. The standard InChI is InChI=1S/C12H7F3N2O3/c13-12(14,15)8-3-5-17(9(8)11(19)20)10(18)7-2-1-4-16-6-7/h1-6H,(H,19,20). The van der Waals surface area contributed by atoms with E-state index in [1.807, 2.05) is 0 Å². The Bertz CT molecular complexity index is 662. The summed E-state index contributed by atoms with van der Waals surface area (Å²) in [4.78, 5) is 26.7. The highest BCUT2D eigenvalue weighted by molar-refractivity contribution is 6.01. The van der Waals surface area contributed by atoms with E-state index >= 15 is 0 Å². The predicted molar refractivity (Wildman–Crippen MR) is 60.4 cm³/mol. The molecule has 0 aromatic carbocycles. The van der Waals surface area contributed by atoms with E-state index in [0.29, 0.717) is 10.6 Å². The number of aromatic carboxylic acids is 1. The molecule has 0 aliphatic carbocycles. The van der Waals surface area contributed by atoms with Gasteiger partial charge in [0.25, 0.3) is 5.91 Å². The Labute approximate surface area is 110 Å². The second-order valence-corrected chi connectivity index (χ2v) is 3.80. The Morgan fingerprint density at radius 1 is 1.25 bits per heavy atom. The van der Waals surface area contributed by atoms with Gasteiger partial charge >= 0.3 is 12.1 Å². The zero-order valence-corrected chi connectivity index (χ0v) is 9.76. The van der Waals surface area contributed by atoms with Crippen LogP contribution in [-0.4, -0.2) is 26.5 Å². The molecule has 20 heavy (non-hydrogen) atoms. The summed E-state index contributed by atoms with van der Waals surface area (Å²) in [6.07, 6.45) is -1.55. The third kappa shape index (κ3) is 2.40. The van der Waals surface area contributed by atoms with Crippen LogP contribution in [0.1, 0.15) is 26.4 Å². The van der Waals surface area contributed by atoms with Crippen LogP contribution in [0, 0.1) is 0 Å². The number of pyridine rings is 1. The van der Waals surface area contributed by atoms with Crippen LogP contribution in [0.25, 0.3) is 0 Å². The summed E-state index contributed by atoms with van der Waals surface area (Å²) in [5, 5.41) is 8.91. The summed E-state index contributed by atoms with van der Waals surface area (Å²) in [6, 6.07) is 3.30. The number of carbonyl (C=O) groups is 2. The number of halogens is 3. The Kier molecular flexibility index (Phi) is 3.31. The molecule has 2 rings (SSSR count). The minimum atomic E-state index is -4.85. The average molecular weight is 284 g/mol. The van der Waals surface area contributed by atoms with Crippen molar-refractivity contribution in [2.45, 2.75) is 6.18 Å². The van der Waals surface area contributed by atoms with Gasteiger partial charge in [-0.25, -0.2) is 4.79 Å². The Balaban J connectivity index is 2.56. The minimum Gasteiger partial charge on any atom is -0.477 e. The normalized spacial score (nSPS) is 11.3. The SMILES string of the molecule is O=C(O)c1c(C(F)(F)F)ccn1C(=O)c1cccnc1. The lowest BCUT2D eigenvalue weighted by molar-refractivity contribution is -0.138. The molecule has 0 aliphatic rings. The Morgan fingerprint density at radius 3 is 2.45 bits per heavy atom. The molecule has 0 saturated carbocycles. The molecule has 104 valence electrons. The predicted octanol–water partition coefficient (Wildman–Crippen LogP) is 2.29. The second-order valence-electron chi connectivity index (χ2n) is 3.80. The van der Waals surface area contributed by atoms with Gasteiger partial charge in [0.05, 0.1) is 11.1 Å². The number of hydrogen-bond acceptors (Lipinski definition) is 3. The van der Waals surface area contributed by atoms with Crippen LogP contribution in [0.15, 0.2) is 36.8 Å². The van der Waals surface area contributed by atoms with Crippen LogP contribution in [0.5, 0.6) is 0 Å². The summed E-state index contributed by atoms with van der Waals surface area (Å²) < 4.78 is 38.5. The van der Waals surface area contributed by atoms with E-state index in [1.54, 1.807) is 0 Å². The number of aromatic nitrogens is 2. The number of hydrogen-bond donors (Lipinski definition) is 1. The lowest BCUT2D eigenvalue weighted by Gasteiger charge is -2.08. The molecule has 0 amide bonds. The maximum atomic E-state index is 12.7. The minimum absolute atomic E-state index is 0.0145. The first-order valence-corrected chi connectivity index (χ1v) is 5.29. The van der Waals surface area contributed by atoms with Gasteiger partial charge in [-0.2, -0.15) is 13.2 Å². The van der Waals surface area contributed by atoms with E-state index in [-0.39, 0.29) is 5.56 Å². The Morgan fingerprint density at radius 2 is 1.95 bits per heavy atom. The van der Waals surface area contributed by atoms with Crippen molar-refractivity contribution in [3.63, 3.8) is 0 Å². The van der Waals surface area contributed by atoms with Gasteiger partial charge < -0.3 is 5.11 Å². The molecule has 0 radical (unpaired) electrons. The van der Waals surface area contributed by atoms with Gasteiger partial charge in [-0.1, -0.05) is 0 Å². The van der Waals surface area contributed by atoms with Gasteiger partial charge in [-0.15, -0.1) is 0 Å². The number of carbonyl (C=O) groups excluding carboxylic acids is 1. The molecule has 2 aromatic heterocycles. The van der Waals surface area contributed by atoms with Gasteiger partial charge in [0, 0.05) is 18.6 Å². The van der Waals surface area contributed by atoms with Crippen LogP contribution in [0.2, 0.25) is 0 Å². The van der Waals surface area contributed by atoms with E-state index in [9.17, 15) is 22.8 Å². The highest BCUT2D eigenvalue weighted by atomic mass is 19.4. The van der Waals surface area contributed by atoms with Crippen molar-refractivity contribution in [3.8, 4) is 0 Å². The first-order chi connectivity index (χ1) is 9.32. The molecule has 2 heterocycles. The topological polar surface area (TPSA) is 72.2 Å². The van der Waals surface area contributed by atoms with Crippen LogP contribution >= 0.6 is 0 Å². The number of carboxylic acid groups (broad SMARTS) is 1. The fourth-order valence-electron chi connectivity index (χ4n) is 1.68. The summed E-state index contributed by atoms with van der Waals surface area (Å²) in [5.41, 5.74) is -2.51. The molecule has 5 nitrogen and oxygen atoms in total. The quantitative estimate of drug-likeness (QED) is 0.918. The lowest BCUT2D eigenvalue weighted by atomic mass is 10.2. The maximum Gasteiger partial charge on any atom is 0.418 e. The van der Waals surface area contributed by atoms with E-state index < -0.39 is 29.3 Å². The van der Waals surface area contributed by atoms with E-state index in [0.717, 1.165) is 12.4 Å². The summed E-state index contributed by atoms with van der Waals surface area (Å²) in [5.74, 6) is -2.73. The van der Waals surface area contributed by atoms with Gasteiger partial charge in [0.2, 0.25) is 0 Å². The van der Waals surface area contributed by atoms with Crippen molar-refractivity contribution in [1.82, 2.24) is 9.55 Å². The molecular formula is C12H7F3N2O3. The van der Waals surface area contributed by atoms with Crippen LogP contribution in [0.4, 0.5) is 13.2 Å². The summed E-state index contributed by atoms with van der Waals surface area (Å²) in [7, 11) is 0. The maximum absolute atomic E-state index is 12.7. The van der Waals surface area contributed by atoms with Crippen LogP contribution < -0.4 is 0 Å².